The molecule has 4 heteroatoms. The zero-order chi connectivity index (χ0) is 29.1. The fourth-order valence-corrected chi connectivity index (χ4v) is 13.0. The van der Waals surface area contributed by atoms with Crippen LogP contribution in [0.5, 0.6) is 0 Å². The van der Waals surface area contributed by atoms with Crippen LogP contribution in [-0.2, 0) is 20.8 Å². The number of hydrogen-bond acceptors (Lipinski definition) is 3. The molecule has 1 aromatic rings. The number of fused-ring (bicyclic) bond motifs is 5. The highest BCUT2D eigenvalue weighted by Gasteiger charge is 2.72. The van der Waals surface area contributed by atoms with Gasteiger partial charge in [-0.15, -0.1) is 0 Å². The van der Waals surface area contributed by atoms with Crippen molar-refractivity contribution in [1.82, 2.24) is 0 Å². The van der Waals surface area contributed by atoms with Gasteiger partial charge < -0.3 is 9.47 Å². The fraction of sp³-hybridized carbons (Fsp3) is 0.838. The topological polar surface area (TPSA) is 39.4 Å². The molecule has 0 spiro atoms. The fourth-order valence-electron chi connectivity index (χ4n) is 13.0. The van der Waals surface area contributed by atoms with Crippen molar-refractivity contribution in [1.29, 1.82) is 0 Å². The van der Waals surface area contributed by atoms with Gasteiger partial charge in [0.25, 0.3) is 0 Å². The maximum Gasteiger partial charge on any atom is 0.372 e. The maximum absolute atomic E-state index is 13.1. The van der Waals surface area contributed by atoms with E-state index in [0.717, 1.165) is 30.8 Å². The molecule has 5 saturated carbocycles. The second-order valence-corrected chi connectivity index (χ2v) is 17.7. The highest BCUT2D eigenvalue weighted by atomic mass is 16.5. The predicted octanol–water partition coefficient (Wildman–Crippen LogP) is 7.78. The molecule has 4 nitrogen and oxygen atoms in total. The van der Waals surface area contributed by atoms with Crippen molar-refractivity contribution < 1.29 is 18.8 Å². The van der Waals surface area contributed by atoms with E-state index in [1.54, 1.807) is 0 Å². The van der Waals surface area contributed by atoms with Gasteiger partial charge in [-0.1, -0.05) is 54.5 Å². The molecular formula is C37H56NO3+. The highest BCUT2D eigenvalue weighted by Crippen LogP contribution is 2.78. The molecular weight excluding hydrogens is 506 g/mol. The van der Waals surface area contributed by atoms with Crippen molar-refractivity contribution >= 4 is 5.97 Å². The quantitative estimate of drug-likeness (QED) is 0.279. The van der Waals surface area contributed by atoms with Gasteiger partial charge in [0.2, 0.25) is 6.54 Å². The summed E-state index contributed by atoms with van der Waals surface area (Å²) in [6, 6.07) is 5.92. The molecule has 0 amide bonds. The van der Waals surface area contributed by atoms with E-state index in [2.05, 4.69) is 48.5 Å². The van der Waals surface area contributed by atoms with Gasteiger partial charge in [-0.25, -0.2) is 4.79 Å². The van der Waals surface area contributed by atoms with Gasteiger partial charge >= 0.3 is 5.97 Å². The third kappa shape index (κ3) is 3.80. The summed E-state index contributed by atoms with van der Waals surface area (Å²) in [7, 11) is 0. The lowest BCUT2D eigenvalue weighted by atomic mass is 9.31. The summed E-state index contributed by atoms with van der Waals surface area (Å²) in [6.07, 6.45) is 17.3. The third-order valence-corrected chi connectivity index (χ3v) is 15.4. The molecule has 0 N–H and O–H groups in total. The van der Waals surface area contributed by atoms with Crippen LogP contribution in [0, 0.1) is 56.2 Å². The molecule has 6 fully saturated rings. The second-order valence-electron chi connectivity index (χ2n) is 17.7. The molecule has 41 heavy (non-hydrogen) atoms. The van der Waals surface area contributed by atoms with E-state index in [-0.39, 0.29) is 17.5 Å². The van der Waals surface area contributed by atoms with E-state index in [0.29, 0.717) is 45.6 Å². The molecule has 226 valence electrons. The number of ether oxygens (including phenoxy) is 2. The number of hydrogen-bond donors (Lipinski definition) is 0. The summed E-state index contributed by atoms with van der Waals surface area (Å²) in [5, 5.41) is 0. The molecule has 5 unspecified atom stereocenters. The van der Waals surface area contributed by atoms with Gasteiger partial charge in [0.15, 0.2) is 12.4 Å². The molecule has 2 heterocycles. The Hall–Kier alpha value is -1.42. The van der Waals surface area contributed by atoms with E-state index in [1.165, 1.54) is 57.8 Å². The van der Waals surface area contributed by atoms with Gasteiger partial charge in [-0.2, -0.15) is 4.57 Å². The van der Waals surface area contributed by atoms with Crippen LogP contribution >= 0.6 is 0 Å². The van der Waals surface area contributed by atoms with Gasteiger partial charge in [0, 0.05) is 17.5 Å². The van der Waals surface area contributed by atoms with E-state index in [9.17, 15) is 4.79 Å². The van der Waals surface area contributed by atoms with E-state index in [4.69, 9.17) is 9.47 Å². The second kappa shape index (κ2) is 9.05. The molecule has 5 aliphatic carbocycles. The van der Waals surface area contributed by atoms with Crippen LogP contribution in [-0.4, -0.2) is 24.8 Å². The average Bonchev–Trinajstić information content (AvgIpc) is 3.25. The van der Waals surface area contributed by atoms with Crippen molar-refractivity contribution in [2.45, 2.75) is 131 Å². The first kappa shape index (κ1) is 28.4. The van der Waals surface area contributed by atoms with Crippen molar-refractivity contribution in [3.63, 3.8) is 0 Å². The lowest BCUT2D eigenvalue weighted by Crippen LogP contribution is -2.68. The first-order valence-electron chi connectivity index (χ1n) is 17.0. The molecule has 1 saturated heterocycles. The van der Waals surface area contributed by atoms with Crippen LogP contribution < -0.4 is 4.57 Å². The van der Waals surface area contributed by atoms with Gasteiger partial charge in [0.1, 0.15) is 6.10 Å². The molecule has 0 aromatic carbocycles. The maximum atomic E-state index is 13.1. The summed E-state index contributed by atoms with van der Waals surface area (Å²) in [4.78, 5) is 13.1. The lowest BCUT2D eigenvalue weighted by molar-refractivity contribution is -0.686. The number of rotatable bonds is 3. The normalized spacial score (nSPS) is 49.1. The van der Waals surface area contributed by atoms with E-state index >= 15 is 0 Å². The Morgan fingerprint density at radius 3 is 2.29 bits per heavy atom. The van der Waals surface area contributed by atoms with Crippen molar-refractivity contribution in [2.24, 2.45) is 56.2 Å². The Kier molecular flexibility index (Phi) is 6.26. The average molecular weight is 563 g/mol. The first-order chi connectivity index (χ1) is 19.3. The molecule has 0 radical (unpaired) electrons. The lowest BCUT2D eigenvalue weighted by Gasteiger charge is -2.73. The Bertz CT molecular complexity index is 1190. The zero-order valence-corrected chi connectivity index (χ0v) is 27.0. The Morgan fingerprint density at radius 1 is 0.805 bits per heavy atom. The van der Waals surface area contributed by atoms with Crippen LogP contribution in [0.25, 0.3) is 0 Å². The van der Waals surface area contributed by atoms with Crippen LogP contribution in [0.1, 0.15) is 113 Å². The highest BCUT2D eigenvalue weighted by molar-refractivity contribution is 5.68. The minimum absolute atomic E-state index is 0.000418. The molecule has 6 aliphatic rings. The summed E-state index contributed by atoms with van der Waals surface area (Å²) < 4.78 is 15.0. The largest absolute Gasteiger partial charge is 0.457 e. The van der Waals surface area contributed by atoms with Crippen molar-refractivity contribution in [3.8, 4) is 0 Å². The predicted molar refractivity (Wildman–Crippen MR) is 161 cm³/mol. The number of nitrogens with zero attached hydrogens (tertiary/aromatic N) is 1. The SMILES string of the molecule is CC1(C)C(OC(=O)C[n+]2ccccc2)CC[C@@]2(C)C1CC[C@]1(C)C2CCC2C3[C@H]4OC[C@@]3(CCC4(C)C)CC[C@]21C. The number of aromatic nitrogens is 1. The summed E-state index contributed by atoms with van der Waals surface area (Å²) >= 11 is 0. The third-order valence-electron chi connectivity index (χ3n) is 15.4. The number of pyridine rings is 1. The molecule has 7 rings (SSSR count). The number of carbonyl (C=O) groups is 1. The number of esters is 1. The summed E-state index contributed by atoms with van der Waals surface area (Å²) in [5.74, 6) is 2.79. The minimum Gasteiger partial charge on any atom is -0.457 e. The zero-order valence-electron chi connectivity index (χ0n) is 27.0. The van der Waals surface area contributed by atoms with Crippen LogP contribution in [0.15, 0.2) is 30.6 Å². The molecule has 1 aromatic heterocycles. The monoisotopic (exact) mass is 562 g/mol. The summed E-state index contributed by atoms with van der Waals surface area (Å²) in [6.45, 7) is 19.3. The standard InChI is InChI=1S/C37H56NO3/c1-32(2)17-19-37-20-18-35(6)25(30(37)31(32)40-24-37)11-12-27-34(5)15-14-28(33(3,4)26(34)13-16-36(27,35)7)41-29(39)23-38-21-9-8-10-22-38/h8-10,21-22,25-28,30-31H,11-20,23-24H2,1-7H3/q+1/t25?,26?,27?,28?,30?,31-,34+,35-,36-,37-/m1/s1. The Labute approximate surface area is 249 Å². The first-order valence-corrected chi connectivity index (χ1v) is 17.0. The van der Waals surface area contributed by atoms with Crippen LogP contribution in [0.3, 0.4) is 0 Å². The molecule has 1 aliphatic heterocycles. The Morgan fingerprint density at radius 2 is 1.54 bits per heavy atom. The smallest absolute Gasteiger partial charge is 0.372 e. The van der Waals surface area contributed by atoms with Crippen LogP contribution in [0.2, 0.25) is 0 Å². The number of carbonyl (C=O) groups excluding carboxylic acids is 1. The van der Waals surface area contributed by atoms with E-state index in [1.807, 2.05) is 35.2 Å². The van der Waals surface area contributed by atoms with Gasteiger partial charge in [-0.05, 0) is 115 Å². The molecule has 10 atom stereocenters. The van der Waals surface area contributed by atoms with E-state index < -0.39 is 0 Å². The van der Waals surface area contributed by atoms with Crippen molar-refractivity contribution in [2.75, 3.05) is 6.61 Å². The minimum atomic E-state index is -0.0973. The van der Waals surface area contributed by atoms with Crippen molar-refractivity contribution in [3.05, 3.63) is 30.6 Å². The Balaban J connectivity index is 1.14. The van der Waals surface area contributed by atoms with Crippen LogP contribution in [0.4, 0.5) is 0 Å². The van der Waals surface area contributed by atoms with Gasteiger partial charge in [0.05, 0.1) is 12.7 Å². The molecule has 2 bridgehead atoms. The summed E-state index contributed by atoms with van der Waals surface area (Å²) in [5.41, 5.74) is 1.81. The van der Waals surface area contributed by atoms with Gasteiger partial charge in [-0.3, -0.25) is 0 Å².